The predicted molar refractivity (Wildman–Crippen MR) is 90.3 cm³/mol. The zero-order valence-corrected chi connectivity index (χ0v) is 14.1. The number of amides is 1. The van der Waals surface area contributed by atoms with Crippen molar-refractivity contribution in [3.05, 3.63) is 67.1 Å². The quantitative estimate of drug-likeness (QED) is 0.650. The first kappa shape index (κ1) is 15.0. The maximum atomic E-state index is 12.5. The number of carbonyl (C=O) groups excluding carboxylic acids is 1. The molecule has 4 nitrogen and oxygen atoms in total. The van der Waals surface area contributed by atoms with Crippen molar-refractivity contribution in [2.24, 2.45) is 0 Å². The van der Waals surface area contributed by atoms with Gasteiger partial charge in [0.15, 0.2) is 0 Å². The van der Waals surface area contributed by atoms with Crippen LogP contribution in [0, 0.1) is 0 Å². The van der Waals surface area contributed by atoms with E-state index >= 15 is 0 Å². The third kappa shape index (κ3) is 2.98. The largest absolute Gasteiger partial charge is 0.422 e. The standard InChI is InChI=1S/C16H12BrNO3S/c1-18(9-11-6-7-14(17)22-11)15(19)12-8-10-4-2-3-5-13(10)21-16(12)20/h2-8H,9H2,1H3. The smallest absolute Gasteiger partial charge is 0.349 e. The number of hydrogen-bond acceptors (Lipinski definition) is 4. The monoisotopic (exact) mass is 377 g/mol. The molecule has 1 aromatic carbocycles. The van der Waals surface area contributed by atoms with Crippen LogP contribution >= 0.6 is 27.3 Å². The van der Waals surface area contributed by atoms with E-state index in [9.17, 15) is 9.59 Å². The van der Waals surface area contributed by atoms with Gasteiger partial charge in [0.05, 0.1) is 10.3 Å². The highest BCUT2D eigenvalue weighted by Gasteiger charge is 2.18. The minimum Gasteiger partial charge on any atom is -0.422 e. The highest BCUT2D eigenvalue weighted by molar-refractivity contribution is 9.11. The second kappa shape index (κ2) is 6.06. The Kier molecular flexibility index (Phi) is 4.13. The van der Waals surface area contributed by atoms with Gasteiger partial charge in [-0.3, -0.25) is 4.79 Å². The molecule has 0 unspecified atom stereocenters. The van der Waals surface area contributed by atoms with Gasteiger partial charge >= 0.3 is 5.63 Å². The number of fused-ring (bicyclic) bond motifs is 1. The van der Waals surface area contributed by atoms with Crippen molar-refractivity contribution >= 4 is 44.1 Å². The Bertz CT molecular complexity index is 900. The number of carbonyl (C=O) groups is 1. The number of benzene rings is 1. The van der Waals surface area contributed by atoms with Crippen molar-refractivity contribution in [3.63, 3.8) is 0 Å². The Labute approximate surface area is 139 Å². The number of halogens is 1. The molecule has 3 rings (SSSR count). The fourth-order valence-electron chi connectivity index (χ4n) is 2.16. The lowest BCUT2D eigenvalue weighted by Crippen LogP contribution is -2.29. The number of hydrogen-bond donors (Lipinski definition) is 0. The van der Waals surface area contributed by atoms with E-state index in [1.807, 2.05) is 24.3 Å². The summed E-state index contributed by atoms with van der Waals surface area (Å²) in [5, 5.41) is 0.734. The maximum Gasteiger partial charge on any atom is 0.349 e. The van der Waals surface area contributed by atoms with Crippen molar-refractivity contribution < 1.29 is 9.21 Å². The van der Waals surface area contributed by atoms with Gasteiger partial charge < -0.3 is 9.32 Å². The molecule has 2 heterocycles. The lowest BCUT2D eigenvalue weighted by Gasteiger charge is -2.15. The predicted octanol–water partition coefficient (Wildman–Crippen LogP) is 3.89. The molecule has 0 aliphatic carbocycles. The summed E-state index contributed by atoms with van der Waals surface area (Å²) in [4.78, 5) is 27.0. The molecule has 0 saturated carbocycles. The SMILES string of the molecule is CN(Cc1ccc(Br)s1)C(=O)c1cc2ccccc2oc1=O. The van der Waals surface area contributed by atoms with Gasteiger partial charge in [-0.15, -0.1) is 11.3 Å². The summed E-state index contributed by atoms with van der Waals surface area (Å²) < 4.78 is 6.22. The van der Waals surface area contributed by atoms with E-state index in [1.54, 1.807) is 36.6 Å². The van der Waals surface area contributed by atoms with Crippen LogP contribution in [0.4, 0.5) is 0 Å². The van der Waals surface area contributed by atoms with Gasteiger partial charge in [-0.2, -0.15) is 0 Å². The highest BCUT2D eigenvalue weighted by atomic mass is 79.9. The molecule has 0 aliphatic rings. The average Bonchev–Trinajstić information content (AvgIpc) is 2.91. The van der Waals surface area contributed by atoms with Crippen LogP contribution in [0.2, 0.25) is 0 Å². The third-order valence-corrected chi connectivity index (χ3v) is 4.85. The molecule has 0 atom stereocenters. The van der Waals surface area contributed by atoms with Crippen molar-refractivity contribution in [1.82, 2.24) is 4.90 Å². The van der Waals surface area contributed by atoms with Crippen LogP contribution in [0.15, 0.2) is 55.5 Å². The number of rotatable bonds is 3. The van der Waals surface area contributed by atoms with E-state index in [4.69, 9.17) is 4.42 Å². The highest BCUT2D eigenvalue weighted by Crippen LogP contribution is 2.23. The van der Waals surface area contributed by atoms with Crippen LogP contribution in [0.25, 0.3) is 11.0 Å². The molecule has 0 aliphatic heterocycles. The molecule has 0 bridgehead atoms. The van der Waals surface area contributed by atoms with E-state index < -0.39 is 5.63 Å². The third-order valence-electron chi connectivity index (χ3n) is 3.24. The Morgan fingerprint density at radius 1 is 1.27 bits per heavy atom. The van der Waals surface area contributed by atoms with Crippen molar-refractivity contribution in [2.75, 3.05) is 7.05 Å². The molecular weight excluding hydrogens is 366 g/mol. The molecule has 0 saturated heterocycles. The Hall–Kier alpha value is -1.92. The summed E-state index contributed by atoms with van der Waals surface area (Å²) in [6.45, 7) is 0.446. The summed E-state index contributed by atoms with van der Waals surface area (Å²) >= 11 is 4.95. The molecule has 2 aromatic heterocycles. The molecule has 3 aromatic rings. The Morgan fingerprint density at radius 2 is 2.05 bits per heavy atom. The molecule has 1 amide bonds. The van der Waals surface area contributed by atoms with Gasteiger partial charge in [-0.25, -0.2) is 4.79 Å². The molecule has 112 valence electrons. The second-order valence-electron chi connectivity index (χ2n) is 4.85. The van der Waals surface area contributed by atoms with Crippen LogP contribution in [0.1, 0.15) is 15.2 Å². The summed E-state index contributed by atoms with van der Waals surface area (Å²) in [5.74, 6) is -0.343. The van der Waals surface area contributed by atoms with Crippen molar-refractivity contribution in [3.8, 4) is 0 Å². The van der Waals surface area contributed by atoms with E-state index in [2.05, 4.69) is 15.9 Å². The topological polar surface area (TPSA) is 50.5 Å². The Balaban J connectivity index is 1.91. The fourth-order valence-corrected chi connectivity index (χ4v) is 3.70. The summed E-state index contributed by atoms with van der Waals surface area (Å²) in [7, 11) is 1.67. The van der Waals surface area contributed by atoms with Gasteiger partial charge in [0.2, 0.25) is 0 Å². The van der Waals surface area contributed by atoms with Crippen molar-refractivity contribution in [2.45, 2.75) is 6.54 Å². The Morgan fingerprint density at radius 3 is 2.77 bits per heavy atom. The number of para-hydroxylation sites is 1. The van der Waals surface area contributed by atoms with Crippen molar-refractivity contribution in [1.29, 1.82) is 0 Å². The summed E-state index contributed by atoms with van der Waals surface area (Å²) in [6.07, 6.45) is 0. The molecule has 6 heteroatoms. The van der Waals surface area contributed by atoms with E-state index in [0.717, 1.165) is 14.0 Å². The molecule has 22 heavy (non-hydrogen) atoms. The first-order valence-corrected chi connectivity index (χ1v) is 8.18. The zero-order chi connectivity index (χ0) is 15.7. The summed E-state index contributed by atoms with van der Waals surface area (Å²) in [5.41, 5.74) is -0.0753. The van der Waals surface area contributed by atoms with Crippen LogP contribution in [-0.2, 0) is 6.54 Å². The van der Waals surface area contributed by atoms with Crippen LogP contribution < -0.4 is 5.63 Å². The minimum atomic E-state index is -0.608. The van der Waals surface area contributed by atoms with Gasteiger partial charge in [0.1, 0.15) is 11.1 Å². The second-order valence-corrected chi connectivity index (χ2v) is 7.40. The molecule has 0 N–H and O–H groups in total. The van der Waals surface area contributed by atoms with Crippen LogP contribution in [0.3, 0.4) is 0 Å². The minimum absolute atomic E-state index is 0.0526. The van der Waals surface area contributed by atoms with Crippen LogP contribution in [-0.4, -0.2) is 17.9 Å². The van der Waals surface area contributed by atoms with Crippen LogP contribution in [0.5, 0.6) is 0 Å². The maximum absolute atomic E-state index is 12.5. The average molecular weight is 378 g/mol. The van der Waals surface area contributed by atoms with E-state index in [-0.39, 0.29) is 11.5 Å². The fraction of sp³-hybridized carbons (Fsp3) is 0.125. The zero-order valence-electron chi connectivity index (χ0n) is 11.7. The molecule has 0 radical (unpaired) electrons. The lowest BCUT2D eigenvalue weighted by atomic mass is 10.1. The van der Waals surface area contributed by atoms with Gasteiger partial charge in [-0.05, 0) is 40.2 Å². The molecule has 0 fully saturated rings. The molecule has 0 spiro atoms. The van der Waals surface area contributed by atoms with Gasteiger partial charge in [-0.1, -0.05) is 18.2 Å². The first-order chi connectivity index (χ1) is 10.5. The lowest BCUT2D eigenvalue weighted by molar-refractivity contribution is 0.0782. The first-order valence-electron chi connectivity index (χ1n) is 6.57. The van der Waals surface area contributed by atoms with E-state index in [1.165, 1.54) is 4.90 Å². The number of nitrogens with zero attached hydrogens (tertiary/aromatic N) is 1. The van der Waals surface area contributed by atoms with Gasteiger partial charge in [0.25, 0.3) is 5.91 Å². The molecular formula is C16H12BrNO3S. The van der Waals surface area contributed by atoms with Gasteiger partial charge in [0, 0.05) is 17.3 Å². The normalized spacial score (nSPS) is 10.8. The number of thiophene rings is 1. The van der Waals surface area contributed by atoms with E-state index in [0.29, 0.717) is 12.1 Å². The summed E-state index contributed by atoms with van der Waals surface area (Å²) in [6, 6.07) is 12.6.